The van der Waals surface area contributed by atoms with Crippen molar-refractivity contribution >= 4 is 0 Å². The summed E-state index contributed by atoms with van der Waals surface area (Å²) < 4.78 is 30.9. The van der Waals surface area contributed by atoms with E-state index in [1.165, 1.54) is 13.2 Å². The van der Waals surface area contributed by atoms with Gasteiger partial charge in [0.1, 0.15) is 5.76 Å². The molecular formula is C11H17F2NO. The fraction of sp³-hybridized carbons (Fsp3) is 0.636. The van der Waals surface area contributed by atoms with Gasteiger partial charge in [-0.05, 0) is 32.0 Å². The van der Waals surface area contributed by atoms with Crippen molar-refractivity contribution in [1.82, 2.24) is 5.32 Å². The van der Waals surface area contributed by atoms with Crippen molar-refractivity contribution in [2.24, 2.45) is 0 Å². The van der Waals surface area contributed by atoms with Gasteiger partial charge >= 0.3 is 0 Å². The molecule has 0 spiro atoms. The van der Waals surface area contributed by atoms with Gasteiger partial charge in [-0.1, -0.05) is 6.92 Å². The lowest BCUT2D eigenvalue weighted by Gasteiger charge is -2.29. The molecule has 1 N–H and O–H groups in total. The van der Waals surface area contributed by atoms with Crippen molar-refractivity contribution in [3.05, 3.63) is 24.2 Å². The van der Waals surface area contributed by atoms with Crippen LogP contribution in [0.2, 0.25) is 0 Å². The van der Waals surface area contributed by atoms with Crippen molar-refractivity contribution in [2.75, 3.05) is 6.54 Å². The average Bonchev–Trinajstić information content (AvgIpc) is 2.67. The van der Waals surface area contributed by atoms with Crippen LogP contribution in [0.25, 0.3) is 0 Å². The maximum atomic E-state index is 12.9. The first-order chi connectivity index (χ1) is 7.08. The number of hydrogen-bond donors (Lipinski definition) is 1. The zero-order valence-electron chi connectivity index (χ0n) is 9.09. The van der Waals surface area contributed by atoms with E-state index in [0.717, 1.165) is 6.42 Å². The summed E-state index contributed by atoms with van der Waals surface area (Å²) in [6, 6.07) is 3.43. The van der Waals surface area contributed by atoms with Crippen LogP contribution < -0.4 is 5.32 Å². The predicted molar refractivity (Wildman–Crippen MR) is 55.1 cm³/mol. The molecule has 1 aromatic heterocycles. The van der Waals surface area contributed by atoms with Crippen LogP contribution in [-0.2, 0) is 6.42 Å². The third-order valence-corrected chi connectivity index (χ3v) is 2.38. The molecule has 0 aliphatic heterocycles. The fourth-order valence-electron chi connectivity index (χ4n) is 1.40. The SMILES string of the molecule is CCCNC(C)(Cc1ccco1)C(F)F. The minimum atomic E-state index is -2.41. The first-order valence-corrected chi connectivity index (χ1v) is 5.14. The minimum absolute atomic E-state index is 0.206. The maximum Gasteiger partial charge on any atom is 0.256 e. The molecule has 1 unspecified atom stereocenters. The van der Waals surface area contributed by atoms with Gasteiger partial charge in [-0.15, -0.1) is 0 Å². The largest absolute Gasteiger partial charge is 0.469 e. The highest BCUT2D eigenvalue weighted by Gasteiger charge is 2.35. The normalized spacial score (nSPS) is 15.5. The molecule has 0 fully saturated rings. The van der Waals surface area contributed by atoms with Gasteiger partial charge in [0.05, 0.1) is 11.8 Å². The Kier molecular flexibility index (Phi) is 4.27. The molecule has 0 aromatic carbocycles. The fourth-order valence-corrected chi connectivity index (χ4v) is 1.40. The van der Waals surface area contributed by atoms with E-state index in [4.69, 9.17) is 4.42 Å². The summed E-state index contributed by atoms with van der Waals surface area (Å²) in [5.41, 5.74) is -1.20. The summed E-state index contributed by atoms with van der Waals surface area (Å²) in [6.45, 7) is 4.06. The Balaban J connectivity index is 2.64. The average molecular weight is 217 g/mol. The number of rotatable bonds is 6. The molecule has 4 heteroatoms. The summed E-state index contributed by atoms with van der Waals surface area (Å²) in [4.78, 5) is 0. The van der Waals surface area contributed by atoms with E-state index >= 15 is 0 Å². The smallest absolute Gasteiger partial charge is 0.256 e. The number of nitrogens with one attached hydrogen (secondary N) is 1. The Bertz CT molecular complexity index is 274. The Labute approximate surface area is 88.7 Å². The van der Waals surface area contributed by atoms with Gasteiger partial charge in [0.15, 0.2) is 0 Å². The first kappa shape index (κ1) is 12.2. The summed E-state index contributed by atoms with van der Waals surface area (Å²) in [5, 5.41) is 2.87. The molecule has 1 aromatic rings. The molecule has 0 aliphatic carbocycles. The molecule has 15 heavy (non-hydrogen) atoms. The van der Waals surface area contributed by atoms with Gasteiger partial charge in [-0.25, -0.2) is 8.78 Å². The predicted octanol–water partition coefficient (Wildman–Crippen LogP) is 2.85. The number of hydrogen-bond acceptors (Lipinski definition) is 2. The second-order valence-electron chi connectivity index (χ2n) is 3.90. The highest BCUT2D eigenvalue weighted by atomic mass is 19.3. The van der Waals surface area contributed by atoms with Crippen molar-refractivity contribution in [1.29, 1.82) is 0 Å². The van der Waals surface area contributed by atoms with E-state index in [1.807, 2.05) is 6.92 Å². The van der Waals surface area contributed by atoms with Gasteiger partial charge in [0, 0.05) is 6.42 Å². The van der Waals surface area contributed by atoms with Crippen molar-refractivity contribution < 1.29 is 13.2 Å². The van der Waals surface area contributed by atoms with Gasteiger partial charge in [-0.3, -0.25) is 0 Å². The molecule has 0 saturated carbocycles. The number of furan rings is 1. The van der Waals surface area contributed by atoms with E-state index < -0.39 is 12.0 Å². The molecule has 2 nitrogen and oxygen atoms in total. The van der Waals surface area contributed by atoms with Crippen LogP contribution >= 0.6 is 0 Å². The van der Waals surface area contributed by atoms with Gasteiger partial charge in [0.2, 0.25) is 0 Å². The van der Waals surface area contributed by atoms with Crippen LogP contribution in [0.5, 0.6) is 0 Å². The number of halogens is 2. The van der Waals surface area contributed by atoms with Crippen molar-refractivity contribution in [3.8, 4) is 0 Å². The van der Waals surface area contributed by atoms with Gasteiger partial charge in [-0.2, -0.15) is 0 Å². The van der Waals surface area contributed by atoms with E-state index in [0.29, 0.717) is 12.3 Å². The second-order valence-corrected chi connectivity index (χ2v) is 3.90. The Morgan fingerprint density at radius 2 is 2.27 bits per heavy atom. The summed E-state index contributed by atoms with van der Waals surface area (Å²) in [7, 11) is 0. The van der Waals surface area contributed by atoms with E-state index in [2.05, 4.69) is 5.32 Å². The lowest BCUT2D eigenvalue weighted by atomic mass is 9.96. The van der Waals surface area contributed by atoms with Crippen LogP contribution in [0, 0.1) is 0 Å². The summed E-state index contributed by atoms with van der Waals surface area (Å²) >= 11 is 0. The number of alkyl halides is 2. The first-order valence-electron chi connectivity index (χ1n) is 5.14. The Morgan fingerprint density at radius 1 is 1.53 bits per heavy atom. The molecule has 0 radical (unpaired) electrons. The zero-order chi connectivity index (χ0) is 11.3. The van der Waals surface area contributed by atoms with Crippen LogP contribution in [0.15, 0.2) is 22.8 Å². The third-order valence-electron chi connectivity index (χ3n) is 2.38. The Morgan fingerprint density at radius 3 is 2.73 bits per heavy atom. The molecule has 0 amide bonds. The van der Waals surface area contributed by atoms with Crippen LogP contribution in [0.4, 0.5) is 8.78 Å². The van der Waals surface area contributed by atoms with E-state index in [-0.39, 0.29) is 6.42 Å². The highest BCUT2D eigenvalue weighted by Crippen LogP contribution is 2.21. The lowest BCUT2D eigenvalue weighted by molar-refractivity contribution is 0.0377. The van der Waals surface area contributed by atoms with Gasteiger partial charge < -0.3 is 9.73 Å². The van der Waals surface area contributed by atoms with E-state index in [1.54, 1.807) is 12.1 Å². The van der Waals surface area contributed by atoms with Crippen LogP contribution in [-0.4, -0.2) is 18.5 Å². The van der Waals surface area contributed by atoms with E-state index in [9.17, 15) is 8.78 Å². The molecule has 0 bridgehead atoms. The lowest BCUT2D eigenvalue weighted by Crippen LogP contribution is -2.50. The molecular weight excluding hydrogens is 200 g/mol. The minimum Gasteiger partial charge on any atom is -0.469 e. The topological polar surface area (TPSA) is 25.2 Å². The second kappa shape index (κ2) is 5.26. The van der Waals surface area contributed by atoms with Crippen LogP contribution in [0.3, 0.4) is 0 Å². The molecule has 1 rings (SSSR count). The van der Waals surface area contributed by atoms with Crippen molar-refractivity contribution in [3.63, 3.8) is 0 Å². The third kappa shape index (κ3) is 3.30. The zero-order valence-corrected chi connectivity index (χ0v) is 9.09. The highest BCUT2D eigenvalue weighted by molar-refractivity contribution is 5.05. The quantitative estimate of drug-likeness (QED) is 0.792. The monoisotopic (exact) mass is 217 g/mol. The molecule has 86 valence electrons. The Hall–Kier alpha value is -0.900. The molecule has 0 aliphatic rings. The maximum absolute atomic E-state index is 12.9. The molecule has 1 heterocycles. The van der Waals surface area contributed by atoms with Gasteiger partial charge in [0.25, 0.3) is 6.43 Å². The standard InChI is InChI=1S/C11H17F2NO/c1-3-6-14-11(2,10(12)13)8-9-5-4-7-15-9/h4-5,7,10,14H,3,6,8H2,1-2H3. The summed E-state index contributed by atoms with van der Waals surface area (Å²) in [6.07, 6.45) is 0.133. The van der Waals surface area contributed by atoms with Crippen molar-refractivity contribution in [2.45, 2.75) is 38.7 Å². The van der Waals surface area contributed by atoms with Crippen LogP contribution in [0.1, 0.15) is 26.0 Å². The molecule has 1 atom stereocenters. The molecule has 0 saturated heterocycles. The summed E-state index contributed by atoms with van der Waals surface area (Å²) in [5.74, 6) is 0.585.